The minimum absolute atomic E-state index is 0.0105. The van der Waals surface area contributed by atoms with Crippen LogP contribution in [0.4, 0.5) is 0 Å². The van der Waals surface area contributed by atoms with Gasteiger partial charge in [-0.2, -0.15) is 0 Å². The first-order chi connectivity index (χ1) is 13.4. The van der Waals surface area contributed by atoms with E-state index in [1.54, 1.807) is 33.2 Å². The van der Waals surface area contributed by atoms with Crippen molar-refractivity contribution < 1.29 is 9.53 Å². The molecule has 1 unspecified atom stereocenters. The molecule has 0 bridgehead atoms. The SMILES string of the molecule is CN=C(NCc1ccc(C(=O)N(C)C)cc1)NCC(OC)c1cccc(Cl)c1. The molecule has 0 spiro atoms. The molecule has 0 aliphatic carbocycles. The van der Waals surface area contributed by atoms with E-state index < -0.39 is 0 Å². The fourth-order valence-electron chi connectivity index (χ4n) is 2.66. The Bertz CT molecular complexity index is 806. The van der Waals surface area contributed by atoms with E-state index in [9.17, 15) is 4.79 Å². The number of carbonyl (C=O) groups is 1. The van der Waals surface area contributed by atoms with Gasteiger partial charge in [0.2, 0.25) is 0 Å². The summed E-state index contributed by atoms with van der Waals surface area (Å²) in [5, 5.41) is 7.20. The first-order valence-corrected chi connectivity index (χ1v) is 9.35. The van der Waals surface area contributed by atoms with Crippen LogP contribution in [-0.4, -0.2) is 51.6 Å². The number of ether oxygens (including phenoxy) is 1. The van der Waals surface area contributed by atoms with Crippen molar-refractivity contribution in [3.05, 3.63) is 70.2 Å². The number of nitrogens with zero attached hydrogens (tertiary/aromatic N) is 2. The summed E-state index contributed by atoms with van der Waals surface area (Å²) >= 11 is 6.07. The zero-order chi connectivity index (χ0) is 20.5. The minimum atomic E-state index is -0.145. The van der Waals surface area contributed by atoms with Gasteiger partial charge in [0.25, 0.3) is 5.91 Å². The van der Waals surface area contributed by atoms with Gasteiger partial charge in [0.1, 0.15) is 0 Å². The highest BCUT2D eigenvalue weighted by molar-refractivity contribution is 6.30. The molecule has 2 aromatic carbocycles. The first-order valence-electron chi connectivity index (χ1n) is 8.98. The van der Waals surface area contributed by atoms with Crippen molar-refractivity contribution in [3.63, 3.8) is 0 Å². The molecule has 6 nitrogen and oxygen atoms in total. The van der Waals surface area contributed by atoms with Crippen molar-refractivity contribution in [2.75, 3.05) is 34.8 Å². The average molecular weight is 403 g/mol. The minimum Gasteiger partial charge on any atom is -0.375 e. The van der Waals surface area contributed by atoms with Crippen LogP contribution in [0, 0.1) is 0 Å². The summed E-state index contributed by atoms with van der Waals surface area (Å²) in [5.41, 5.74) is 2.72. The molecule has 0 fully saturated rings. The lowest BCUT2D eigenvalue weighted by Crippen LogP contribution is -2.39. The number of amides is 1. The monoisotopic (exact) mass is 402 g/mol. The van der Waals surface area contributed by atoms with E-state index in [1.807, 2.05) is 48.5 Å². The second-order valence-electron chi connectivity index (χ2n) is 6.48. The van der Waals surface area contributed by atoms with Crippen LogP contribution in [0.3, 0.4) is 0 Å². The summed E-state index contributed by atoms with van der Waals surface area (Å²) in [6, 6.07) is 15.1. The van der Waals surface area contributed by atoms with Crippen LogP contribution >= 0.6 is 11.6 Å². The summed E-state index contributed by atoms with van der Waals surface area (Å²) in [4.78, 5) is 17.7. The molecule has 2 N–H and O–H groups in total. The van der Waals surface area contributed by atoms with Crippen LogP contribution in [0.5, 0.6) is 0 Å². The van der Waals surface area contributed by atoms with E-state index in [0.717, 1.165) is 11.1 Å². The molecule has 0 aliphatic heterocycles. The summed E-state index contributed by atoms with van der Waals surface area (Å²) in [7, 11) is 6.86. The topological polar surface area (TPSA) is 66.0 Å². The zero-order valence-electron chi connectivity index (χ0n) is 16.7. The molecule has 2 rings (SSSR count). The van der Waals surface area contributed by atoms with Crippen LogP contribution < -0.4 is 10.6 Å². The number of rotatable bonds is 7. The van der Waals surface area contributed by atoms with E-state index in [1.165, 1.54) is 0 Å². The summed E-state index contributed by atoms with van der Waals surface area (Å²) in [6.45, 7) is 1.14. The largest absolute Gasteiger partial charge is 0.375 e. The van der Waals surface area contributed by atoms with Gasteiger partial charge in [-0.1, -0.05) is 35.9 Å². The highest BCUT2D eigenvalue weighted by Crippen LogP contribution is 2.19. The second-order valence-corrected chi connectivity index (χ2v) is 6.92. The Morgan fingerprint density at radius 3 is 2.46 bits per heavy atom. The number of aliphatic imine (C=N–C) groups is 1. The fourth-order valence-corrected chi connectivity index (χ4v) is 2.86. The lowest BCUT2D eigenvalue weighted by atomic mass is 10.1. The number of halogens is 1. The van der Waals surface area contributed by atoms with Gasteiger partial charge >= 0.3 is 0 Å². The summed E-state index contributed by atoms with van der Waals surface area (Å²) < 4.78 is 5.56. The zero-order valence-corrected chi connectivity index (χ0v) is 17.5. The Kier molecular flexibility index (Phi) is 8.29. The van der Waals surface area contributed by atoms with Crippen LogP contribution in [-0.2, 0) is 11.3 Å². The third-order valence-corrected chi connectivity index (χ3v) is 4.49. The van der Waals surface area contributed by atoms with Crippen molar-refractivity contribution in [1.29, 1.82) is 0 Å². The van der Waals surface area contributed by atoms with Crippen LogP contribution in [0.2, 0.25) is 5.02 Å². The standard InChI is InChI=1S/C21H27ClN4O2/c1-23-21(25-14-19(28-4)17-6-5-7-18(22)12-17)24-13-15-8-10-16(11-9-15)20(27)26(2)3/h5-12,19H,13-14H2,1-4H3,(H2,23,24,25). The number of guanidine groups is 1. The van der Waals surface area contributed by atoms with Crippen molar-refractivity contribution in [3.8, 4) is 0 Å². The van der Waals surface area contributed by atoms with Gasteiger partial charge in [0.15, 0.2) is 5.96 Å². The van der Waals surface area contributed by atoms with Gasteiger partial charge in [-0.3, -0.25) is 9.79 Å². The lowest BCUT2D eigenvalue weighted by molar-refractivity contribution is 0.0827. The third kappa shape index (κ3) is 6.25. The van der Waals surface area contributed by atoms with E-state index >= 15 is 0 Å². The number of nitrogens with one attached hydrogen (secondary N) is 2. The molecule has 0 saturated carbocycles. The van der Waals surface area contributed by atoms with Gasteiger partial charge in [0.05, 0.1) is 6.10 Å². The molecule has 0 saturated heterocycles. The van der Waals surface area contributed by atoms with E-state index in [0.29, 0.717) is 29.6 Å². The predicted octanol–water partition coefficient (Wildman–Crippen LogP) is 3.09. The predicted molar refractivity (Wildman–Crippen MR) is 114 cm³/mol. The molecule has 1 atom stereocenters. The Labute approximate surface area is 171 Å². The van der Waals surface area contributed by atoms with Gasteiger partial charge in [0, 0.05) is 51.9 Å². The number of hydrogen-bond acceptors (Lipinski definition) is 3. The van der Waals surface area contributed by atoms with Gasteiger partial charge in [-0.15, -0.1) is 0 Å². The van der Waals surface area contributed by atoms with Gasteiger partial charge in [-0.25, -0.2) is 0 Å². The molecule has 1 amide bonds. The smallest absolute Gasteiger partial charge is 0.253 e. The molecule has 0 heterocycles. The number of carbonyl (C=O) groups excluding carboxylic acids is 1. The average Bonchev–Trinajstić information content (AvgIpc) is 2.70. The van der Waals surface area contributed by atoms with Gasteiger partial charge < -0.3 is 20.3 Å². The Morgan fingerprint density at radius 1 is 1.18 bits per heavy atom. The maximum absolute atomic E-state index is 11.9. The van der Waals surface area contributed by atoms with Crippen molar-refractivity contribution in [1.82, 2.24) is 15.5 Å². The molecule has 2 aromatic rings. The number of hydrogen-bond donors (Lipinski definition) is 2. The molecule has 28 heavy (non-hydrogen) atoms. The maximum Gasteiger partial charge on any atom is 0.253 e. The molecular formula is C21H27ClN4O2. The third-order valence-electron chi connectivity index (χ3n) is 4.25. The van der Waals surface area contributed by atoms with E-state index in [2.05, 4.69) is 15.6 Å². The molecule has 0 radical (unpaired) electrons. The molecular weight excluding hydrogens is 376 g/mol. The summed E-state index contributed by atoms with van der Waals surface area (Å²) in [5.74, 6) is 0.654. The fraction of sp³-hybridized carbons (Fsp3) is 0.333. The van der Waals surface area contributed by atoms with Crippen molar-refractivity contribution >= 4 is 23.5 Å². The number of methoxy groups -OCH3 is 1. The first kappa shape index (κ1) is 21.7. The maximum atomic E-state index is 11.9. The second kappa shape index (κ2) is 10.7. The van der Waals surface area contributed by atoms with Crippen LogP contribution in [0.1, 0.15) is 27.6 Å². The highest BCUT2D eigenvalue weighted by atomic mass is 35.5. The Morgan fingerprint density at radius 2 is 1.89 bits per heavy atom. The van der Waals surface area contributed by atoms with Crippen molar-refractivity contribution in [2.45, 2.75) is 12.6 Å². The van der Waals surface area contributed by atoms with Crippen LogP contribution in [0.15, 0.2) is 53.5 Å². The Balaban J connectivity index is 1.89. The lowest BCUT2D eigenvalue weighted by Gasteiger charge is -2.19. The molecule has 7 heteroatoms. The summed E-state index contributed by atoms with van der Waals surface area (Å²) in [6.07, 6.45) is -0.145. The van der Waals surface area contributed by atoms with Crippen LogP contribution in [0.25, 0.3) is 0 Å². The van der Waals surface area contributed by atoms with Gasteiger partial charge in [-0.05, 0) is 35.4 Å². The quantitative estimate of drug-likeness (QED) is 0.551. The van der Waals surface area contributed by atoms with Crippen molar-refractivity contribution in [2.24, 2.45) is 4.99 Å². The van der Waals surface area contributed by atoms with E-state index in [-0.39, 0.29) is 12.0 Å². The molecule has 150 valence electrons. The Hall–Kier alpha value is -2.57. The highest BCUT2D eigenvalue weighted by Gasteiger charge is 2.12. The van der Waals surface area contributed by atoms with E-state index in [4.69, 9.17) is 16.3 Å². The molecule has 0 aliphatic rings. The molecule has 0 aromatic heterocycles. The number of benzene rings is 2. The normalized spacial score (nSPS) is 12.4.